The molecule has 2 aromatic carbocycles. The second kappa shape index (κ2) is 8.40. The van der Waals surface area contributed by atoms with E-state index in [1.807, 2.05) is 25.1 Å². The molecule has 1 atom stereocenters. The molecule has 0 spiro atoms. The Balaban J connectivity index is 1.85. The molecule has 1 unspecified atom stereocenters. The highest BCUT2D eigenvalue weighted by molar-refractivity contribution is 5.97. The number of rotatable bonds is 6. The van der Waals surface area contributed by atoms with E-state index in [0.29, 0.717) is 23.1 Å². The van der Waals surface area contributed by atoms with Gasteiger partial charge in [0.15, 0.2) is 0 Å². The van der Waals surface area contributed by atoms with Crippen LogP contribution in [0.4, 0.5) is 4.39 Å². The lowest BCUT2D eigenvalue weighted by Gasteiger charge is -2.25. The minimum Gasteiger partial charge on any atom is -0.350 e. The van der Waals surface area contributed by atoms with E-state index in [0.717, 1.165) is 5.56 Å². The third-order valence-corrected chi connectivity index (χ3v) is 4.87. The molecular formula is C21H23FN4O3. The van der Waals surface area contributed by atoms with Crippen molar-refractivity contribution in [3.63, 3.8) is 0 Å². The van der Waals surface area contributed by atoms with Crippen LogP contribution >= 0.6 is 0 Å². The average Bonchev–Trinajstić information content (AvgIpc) is 2.68. The number of carbonyl (C=O) groups excluding carboxylic acids is 1. The van der Waals surface area contributed by atoms with Crippen LogP contribution in [-0.4, -0.2) is 41.0 Å². The summed E-state index contributed by atoms with van der Waals surface area (Å²) < 4.78 is 14.9. The second-order valence-corrected chi connectivity index (χ2v) is 6.98. The van der Waals surface area contributed by atoms with Crippen molar-refractivity contribution < 1.29 is 9.18 Å². The largest absolute Gasteiger partial charge is 0.350 e. The van der Waals surface area contributed by atoms with Crippen LogP contribution in [0.2, 0.25) is 0 Å². The summed E-state index contributed by atoms with van der Waals surface area (Å²) in [6.45, 7) is 2.40. The molecule has 0 saturated heterocycles. The number of halogens is 1. The summed E-state index contributed by atoms with van der Waals surface area (Å²) in [7, 11) is 3.71. The maximum Gasteiger partial charge on any atom is 0.316 e. The van der Waals surface area contributed by atoms with Gasteiger partial charge in [-0.05, 0) is 56.9 Å². The molecule has 152 valence electrons. The van der Waals surface area contributed by atoms with Gasteiger partial charge in [0.2, 0.25) is 0 Å². The highest BCUT2D eigenvalue weighted by atomic mass is 19.1. The summed E-state index contributed by atoms with van der Waals surface area (Å²) in [5.74, 6) is -0.661. The molecule has 3 rings (SSSR count). The Bertz CT molecular complexity index is 1170. The van der Waals surface area contributed by atoms with Crippen molar-refractivity contribution in [1.29, 1.82) is 0 Å². The zero-order valence-electron chi connectivity index (χ0n) is 16.5. The third kappa shape index (κ3) is 4.27. The van der Waals surface area contributed by atoms with Crippen molar-refractivity contribution in [2.75, 3.05) is 20.6 Å². The number of amides is 1. The van der Waals surface area contributed by atoms with Gasteiger partial charge in [-0.1, -0.05) is 12.1 Å². The number of fused-ring (bicyclic) bond motifs is 1. The Labute approximate surface area is 166 Å². The molecular weight excluding hydrogens is 375 g/mol. The topological polar surface area (TPSA) is 87.2 Å². The minimum absolute atomic E-state index is 0.208. The fourth-order valence-corrected chi connectivity index (χ4v) is 3.34. The molecule has 2 N–H and O–H groups in total. The van der Waals surface area contributed by atoms with Crippen LogP contribution in [0.15, 0.2) is 52.1 Å². The SMILES string of the molecule is CCn1c(=O)c(=O)[nH]c2cc(C(=O)NCC(c3cccc(F)c3)N(C)C)ccc21. The van der Waals surface area contributed by atoms with Gasteiger partial charge in [0.25, 0.3) is 5.91 Å². The number of hydrogen-bond acceptors (Lipinski definition) is 4. The number of aromatic amines is 1. The molecule has 0 saturated carbocycles. The maximum absolute atomic E-state index is 13.6. The van der Waals surface area contributed by atoms with Gasteiger partial charge in [-0.2, -0.15) is 0 Å². The van der Waals surface area contributed by atoms with Crippen LogP contribution in [-0.2, 0) is 6.54 Å². The summed E-state index contributed by atoms with van der Waals surface area (Å²) in [6.07, 6.45) is 0. The average molecular weight is 398 g/mol. The van der Waals surface area contributed by atoms with E-state index in [4.69, 9.17) is 0 Å². The predicted molar refractivity (Wildman–Crippen MR) is 110 cm³/mol. The number of H-pyrrole nitrogens is 1. The van der Waals surface area contributed by atoms with Gasteiger partial charge in [-0.3, -0.25) is 14.4 Å². The number of nitrogens with one attached hydrogen (secondary N) is 2. The number of carbonyl (C=O) groups is 1. The minimum atomic E-state index is -0.726. The molecule has 0 aliphatic rings. The molecule has 29 heavy (non-hydrogen) atoms. The van der Waals surface area contributed by atoms with Crippen molar-refractivity contribution in [1.82, 2.24) is 19.8 Å². The first-order chi connectivity index (χ1) is 13.8. The predicted octanol–water partition coefficient (Wildman–Crippen LogP) is 1.88. The van der Waals surface area contributed by atoms with Crippen LogP contribution in [0, 0.1) is 5.82 Å². The standard InChI is InChI=1S/C21H23FN4O3/c1-4-26-17-9-8-14(11-16(17)24-20(28)21(26)29)19(27)23-12-18(25(2)3)13-6-5-7-15(22)10-13/h5-11,18H,4,12H2,1-3H3,(H,23,27)(H,24,28). The summed E-state index contributed by atoms with van der Waals surface area (Å²) in [4.78, 5) is 40.9. The van der Waals surface area contributed by atoms with Crippen LogP contribution in [0.1, 0.15) is 28.9 Å². The summed E-state index contributed by atoms with van der Waals surface area (Å²) in [5, 5.41) is 2.85. The van der Waals surface area contributed by atoms with E-state index < -0.39 is 11.1 Å². The quantitative estimate of drug-likeness (QED) is 0.621. The smallest absolute Gasteiger partial charge is 0.316 e. The van der Waals surface area contributed by atoms with Gasteiger partial charge in [-0.25, -0.2) is 4.39 Å². The lowest BCUT2D eigenvalue weighted by molar-refractivity contribution is 0.0942. The van der Waals surface area contributed by atoms with E-state index in [9.17, 15) is 18.8 Å². The summed E-state index contributed by atoms with van der Waals surface area (Å²) >= 11 is 0. The highest BCUT2D eigenvalue weighted by Crippen LogP contribution is 2.19. The maximum atomic E-state index is 13.6. The van der Waals surface area contributed by atoms with Crippen molar-refractivity contribution in [3.05, 3.63) is 80.1 Å². The monoisotopic (exact) mass is 398 g/mol. The molecule has 1 aromatic heterocycles. The number of aromatic nitrogens is 2. The van der Waals surface area contributed by atoms with Crippen LogP contribution < -0.4 is 16.4 Å². The van der Waals surface area contributed by atoms with Gasteiger partial charge >= 0.3 is 11.1 Å². The Morgan fingerprint density at radius 3 is 2.62 bits per heavy atom. The zero-order chi connectivity index (χ0) is 21.1. The number of hydrogen-bond donors (Lipinski definition) is 2. The highest BCUT2D eigenvalue weighted by Gasteiger charge is 2.17. The van der Waals surface area contributed by atoms with E-state index >= 15 is 0 Å². The number of aryl methyl sites for hydroxylation is 1. The van der Waals surface area contributed by atoms with Crippen molar-refractivity contribution in [2.45, 2.75) is 19.5 Å². The van der Waals surface area contributed by atoms with E-state index in [2.05, 4.69) is 10.3 Å². The molecule has 0 fully saturated rings. The number of benzene rings is 2. The van der Waals surface area contributed by atoms with Gasteiger partial charge in [0.05, 0.1) is 17.1 Å². The first-order valence-electron chi connectivity index (χ1n) is 9.28. The molecule has 0 radical (unpaired) electrons. The van der Waals surface area contributed by atoms with E-state index in [1.54, 1.807) is 31.2 Å². The normalized spacial score (nSPS) is 12.3. The van der Waals surface area contributed by atoms with E-state index in [-0.39, 0.29) is 24.3 Å². The Hall–Kier alpha value is -3.26. The summed E-state index contributed by atoms with van der Waals surface area (Å²) in [5.41, 5.74) is 0.728. The lowest BCUT2D eigenvalue weighted by Crippen LogP contribution is -2.36. The Kier molecular flexibility index (Phi) is 5.93. The molecule has 1 amide bonds. The molecule has 3 aromatic rings. The molecule has 0 aliphatic carbocycles. The second-order valence-electron chi connectivity index (χ2n) is 6.98. The van der Waals surface area contributed by atoms with Gasteiger partial charge in [-0.15, -0.1) is 0 Å². The summed E-state index contributed by atoms with van der Waals surface area (Å²) in [6, 6.07) is 10.9. The lowest BCUT2D eigenvalue weighted by atomic mass is 10.1. The molecule has 7 nitrogen and oxygen atoms in total. The third-order valence-electron chi connectivity index (χ3n) is 4.87. The zero-order valence-corrected chi connectivity index (χ0v) is 16.5. The van der Waals surface area contributed by atoms with Crippen LogP contribution in [0.5, 0.6) is 0 Å². The molecule has 0 aliphatic heterocycles. The van der Waals surface area contributed by atoms with Crippen molar-refractivity contribution in [2.24, 2.45) is 0 Å². The van der Waals surface area contributed by atoms with Crippen LogP contribution in [0.25, 0.3) is 11.0 Å². The van der Waals surface area contributed by atoms with Gasteiger partial charge in [0, 0.05) is 18.7 Å². The van der Waals surface area contributed by atoms with Crippen molar-refractivity contribution in [3.8, 4) is 0 Å². The molecule has 1 heterocycles. The van der Waals surface area contributed by atoms with Crippen LogP contribution in [0.3, 0.4) is 0 Å². The fraction of sp³-hybridized carbons (Fsp3) is 0.286. The number of likely N-dealkylation sites (N-methyl/N-ethyl adjacent to an activating group) is 1. The molecule has 8 heteroatoms. The Morgan fingerprint density at radius 1 is 1.21 bits per heavy atom. The molecule has 0 bridgehead atoms. The first kappa shape index (κ1) is 20.5. The Morgan fingerprint density at radius 2 is 1.97 bits per heavy atom. The van der Waals surface area contributed by atoms with Gasteiger partial charge in [0.1, 0.15) is 5.82 Å². The first-order valence-corrected chi connectivity index (χ1v) is 9.28. The van der Waals surface area contributed by atoms with E-state index in [1.165, 1.54) is 16.7 Å². The number of nitrogens with zero attached hydrogens (tertiary/aromatic N) is 2. The fourth-order valence-electron chi connectivity index (χ4n) is 3.34. The van der Waals surface area contributed by atoms with Crippen molar-refractivity contribution >= 4 is 16.9 Å². The van der Waals surface area contributed by atoms with Gasteiger partial charge < -0.3 is 19.8 Å².